The molecule has 30 heavy (non-hydrogen) atoms. The van der Waals surface area contributed by atoms with Crippen LogP contribution >= 0.6 is 0 Å². The molecule has 2 rings (SSSR count). The molecule has 0 bridgehead atoms. The van der Waals surface area contributed by atoms with Gasteiger partial charge in [0.15, 0.2) is 6.61 Å². The Labute approximate surface area is 175 Å². The first kappa shape index (κ1) is 23.2. The molecule has 2 N–H and O–H groups in total. The first-order valence-corrected chi connectivity index (χ1v) is 10.00. The first-order chi connectivity index (χ1) is 14.3. The zero-order valence-corrected chi connectivity index (χ0v) is 17.8. The Morgan fingerprint density at radius 3 is 2.33 bits per heavy atom. The molecule has 0 radical (unpaired) electrons. The van der Waals surface area contributed by atoms with Crippen LogP contribution in [0.25, 0.3) is 0 Å². The topological polar surface area (TPSA) is 127 Å². The second-order valence-corrected chi connectivity index (χ2v) is 6.93. The van der Waals surface area contributed by atoms with Gasteiger partial charge in [0.2, 0.25) is 0 Å². The summed E-state index contributed by atoms with van der Waals surface area (Å²) in [6, 6.07) is -0.105. The number of hydrogen-bond acceptors (Lipinski definition) is 7. The number of aromatic nitrogens is 1. The molecule has 10 heteroatoms. The van der Waals surface area contributed by atoms with E-state index in [-0.39, 0.29) is 17.8 Å². The van der Waals surface area contributed by atoms with Gasteiger partial charge in [0, 0.05) is 24.8 Å². The highest BCUT2D eigenvalue weighted by molar-refractivity contribution is 5.99. The number of nitrogens with one attached hydrogen (secondary N) is 2. The van der Waals surface area contributed by atoms with Crippen LogP contribution < -0.4 is 5.32 Å². The molecule has 1 aliphatic rings. The lowest BCUT2D eigenvalue weighted by Gasteiger charge is -2.31. The van der Waals surface area contributed by atoms with Crippen molar-refractivity contribution in [2.75, 3.05) is 33.4 Å². The number of ether oxygens (including phenoxy) is 3. The third kappa shape index (κ3) is 5.52. The zero-order valence-electron chi connectivity index (χ0n) is 17.8. The molecule has 1 saturated heterocycles. The number of esters is 2. The summed E-state index contributed by atoms with van der Waals surface area (Å²) >= 11 is 0. The molecule has 10 nitrogen and oxygen atoms in total. The van der Waals surface area contributed by atoms with Gasteiger partial charge in [-0.3, -0.25) is 4.79 Å². The predicted octanol–water partition coefficient (Wildman–Crippen LogP) is 1.57. The molecule has 0 aliphatic carbocycles. The Kier molecular flexibility index (Phi) is 8.25. The largest absolute Gasteiger partial charge is 0.465 e. The molecular weight excluding hydrogens is 394 g/mol. The Morgan fingerprint density at radius 1 is 1.10 bits per heavy atom. The van der Waals surface area contributed by atoms with Crippen LogP contribution in [-0.4, -0.2) is 73.3 Å². The molecule has 2 amide bonds. The number of carbonyl (C=O) groups is 4. The highest BCUT2D eigenvalue weighted by Gasteiger charge is 2.27. The molecular formula is C20H29N3O7. The Bertz CT molecular complexity index is 795. The number of amides is 2. The van der Waals surface area contributed by atoms with Crippen molar-refractivity contribution >= 4 is 23.9 Å². The van der Waals surface area contributed by atoms with Gasteiger partial charge >= 0.3 is 18.0 Å². The fourth-order valence-corrected chi connectivity index (χ4v) is 3.40. The van der Waals surface area contributed by atoms with Crippen molar-refractivity contribution in [1.29, 1.82) is 0 Å². The van der Waals surface area contributed by atoms with Gasteiger partial charge in [-0.05, 0) is 38.7 Å². The molecule has 1 aliphatic heterocycles. The summed E-state index contributed by atoms with van der Waals surface area (Å²) in [7, 11) is 1.27. The van der Waals surface area contributed by atoms with Crippen LogP contribution in [0.3, 0.4) is 0 Å². The minimum absolute atomic E-state index is 0.105. The van der Waals surface area contributed by atoms with Crippen molar-refractivity contribution in [2.45, 2.75) is 46.1 Å². The normalized spacial score (nSPS) is 14.2. The summed E-state index contributed by atoms with van der Waals surface area (Å²) in [4.78, 5) is 52.7. The number of carbonyl (C=O) groups excluding carboxylic acids is 4. The number of hydrogen-bond donors (Lipinski definition) is 2. The van der Waals surface area contributed by atoms with Crippen LogP contribution in [0, 0.1) is 6.92 Å². The summed E-state index contributed by atoms with van der Waals surface area (Å²) in [6.45, 7) is 6.07. The van der Waals surface area contributed by atoms with E-state index in [9.17, 15) is 19.2 Å². The van der Waals surface area contributed by atoms with Gasteiger partial charge in [0.1, 0.15) is 5.69 Å². The van der Waals surface area contributed by atoms with Crippen LogP contribution in [0.2, 0.25) is 0 Å². The second-order valence-electron chi connectivity index (χ2n) is 6.93. The number of aromatic amines is 1. The summed E-state index contributed by atoms with van der Waals surface area (Å²) in [5, 5.41) is 2.81. The quantitative estimate of drug-likeness (QED) is 0.503. The molecule has 0 saturated carbocycles. The number of piperidine rings is 1. The van der Waals surface area contributed by atoms with E-state index in [4.69, 9.17) is 14.2 Å². The molecule has 0 spiro atoms. The van der Waals surface area contributed by atoms with Gasteiger partial charge in [-0.25, -0.2) is 14.4 Å². The van der Waals surface area contributed by atoms with E-state index in [0.717, 1.165) is 0 Å². The van der Waals surface area contributed by atoms with Crippen molar-refractivity contribution in [1.82, 2.24) is 15.2 Å². The summed E-state index contributed by atoms with van der Waals surface area (Å²) < 4.78 is 14.8. The fraction of sp³-hybridized carbons (Fsp3) is 0.600. The third-order valence-corrected chi connectivity index (χ3v) is 5.00. The summed E-state index contributed by atoms with van der Waals surface area (Å²) in [5.74, 6) is -1.68. The van der Waals surface area contributed by atoms with E-state index >= 15 is 0 Å². The van der Waals surface area contributed by atoms with Crippen molar-refractivity contribution < 1.29 is 33.4 Å². The van der Waals surface area contributed by atoms with Crippen LogP contribution in [0.4, 0.5) is 4.79 Å². The number of nitrogens with zero attached hydrogens (tertiary/aromatic N) is 1. The predicted molar refractivity (Wildman–Crippen MR) is 106 cm³/mol. The number of H-pyrrole nitrogens is 1. The average Bonchev–Trinajstić information content (AvgIpc) is 3.08. The second kappa shape index (κ2) is 10.7. The monoisotopic (exact) mass is 423 g/mol. The number of rotatable bonds is 7. The van der Waals surface area contributed by atoms with E-state index in [1.807, 2.05) is 6.92 Å². The molecule has 0 unspecified atom stereocenters. The van der Waals surface area contributed by atoms with Crippen LogP contribution in [0.15, 0.2) is 0 Å². The minimum atomic E-state index is -0.718. The molecule has 1 aromatic heterocycles. The standard InChI is InChI=1S/C20H29N3O7/c1-5-14-16(18(25)28-4)12(3)17(22-14)19(26)30-11-15(24)21-13-7-9-23(10-8-13)20(27)29-6-2/h13,22H,5-11H2,1-4H3,(H,21,24). The van der Waals surface area contributed by atoms with Crippen LogP contribution in [-0.2, 0) is 25.4 Å². The van der Waals surface area contributed by atoms with Crippen LogP contribution in [0.1, 0.15) is 58.8 Å². The highest BCUT2D eigenvalue weighted by Crippen LogP contribution is 2.21. The maximum absolute atomic E-state index is 12.4. The van der Waals surface area contributed by atoms with Gasteiger partial charge < -0.3 is 29.4 Å². The van der Waals surface area contributed by atoms with Crippen LogP contribution in [0.5, 0.6) is 0 Å². The third-order valence-electron chi connectivity index (χ3n) is 5.00. The highest BCUT2D eigenvalue weighted by atomic mass is 16.6. The Balaban J connectivity index is 1.86. The van der Waals surface area contributed by atoms with Crippen molar-refractivity contribution in [3.63, 3.8) is 0 Å². The lowest BCUT2D eigenvalue weighted by molar-refractivity contribution is -0.125. The molecule has 0 aromatic carbocycles. The van der Waals surface area contributed by atoms with E-state index in [1.165, 1.54) is 7.11 Å². The molecule has 0 atom stereocenters. The van der Waals surface area contributed by atoms with Gasteiger partial charge in [-0.15, -0.1) is 0 Å². The summed E-state index contributed by atoms with van der Waals surface area (Å²) in [6.07, 6.45) is 1.34. The van der Waals surface area contributed by atoms with E-state index in [2.05, 4.69) is 10.3 Å². The minimum Gasteiger partial charge on any atom is -0.465 e. The average molecular weight is 423 g/mol. The number of likely N-dealkylation sites (tertiary alicyclic amines) is 1. The smallest absolute Gasteiger partial charge is 0.409 e. The zero-order chi connectivity index (χ0) is 22.3. The molecule has 1 aromatic rings. The van der Waals surface area contributed by atoms with Gasteiger partial charge in [-0.2, -0.15) is 0 Å². The van der Waals surface area contributed by atoms with Crippen molar-refractivity contribution in [3.05, 3.63) is 22.5 Å². The Morgan fingerprint density at radius 2 is 1.77 bits per heavy atom. The van der Waals surface area contributed by atoms with Gasteiger partial charge in [-0.1, -0.05) is 6.92 Å². The number of aryl methyl sites for hydroxylation is 1. The van der Waals surface area contributed by atoms with Crippen molar-refractivity contribution in [3.8, 4) is 0 Å². The summed E-state index contributed by atoms with van der Waals surface area (Å²) in [5.41, 5.74) is 1.44. The van der Waals surface area contributed by atoms with E-state index in [1.54, 1.807) is 18.7 Å². The number of methoxy groups -OCH3 is 1. The lowest BCUT2D eigenvalue weighted by atomic mass is 10.1. The maximum atomic E-state index is 12.4. The first-order valence-electron chi connectivity index (χ1n) is 10.00. The maximum Gasteiger partial charge on any atom is 0.409 e. The Hall–Kier alpha value is -3.04. The van der Waals surface area contributed by atoms with Gasteiger partial charge in [0.05, 0.1) is 19.3 Å². The van der Waals surface area contributed by atoms with Gasteiger partial charge in [0.25, 0.3) is 5.91 Å². The van der Waals surface area contributed by atoms with E-state index < -0.39 is 24.5 Å². The lowest BCUT2D eigenvalue weighted by Crippen LogP contribution is -2.47. The molecule has 166 valence electrons. The molecule has 2 heterocycles. The van der Waals surface area contributed by atoms with E-state index in [0.29, 0.717) is 55.8 Å². The van der Waals surface area contributed by atoms with Crippen molar-refractivity contribution in [2.24, 2.45) is 0 Å². The molecule has 1 fully saturated rings. The SMILES string of the molecule is CCOC(=O)N1CCC(NC(=O)COC(=O)c2[nH]c(CC)c(C(=O)OC)c2C)CC1. The fourth-order valence-electron chi connectivity index (χ4n) is 3.40.